The second-order valence-corrected chi connectivity index (χ2v) is 6.31. The van der Waals surface area contributed by atoms with Crippen molar-refractivity contribution in [3.8, 4) is 11.5 Å². The van der Waals surface area contributed by atoms with Crippen molar-refractivity contribution in [2.24, 2.45) is 0 Å². The Morgan fingerprint density at radius 3 is 2.70 bits per heavy atom. The third-order valence-electron chi connectivity index (χ3n) is 4.01. The molecule has 3 aromatic rings. The van der Waals surface area contributed by atoms with Crippen molar-refractivity contribution in [3.63, 3.8) is 0 Å². The number of nitrogens with one attached hydrogen (secondary N) is 1. The number of rotatable bonds is 9. The number of benzene rings is 2. The van der Waals surface area contributed by atoms with Crippen molar-refractivity contribution in [2.75, 3.05) is 12.4 Å². The fourth-order valence-corrected chi connectivity index (χ4v) is 2.85. The van der Waals surface area contributed by atoms with Gasteiger partial charge in [-0.1, -0.05) is 54.0 Å². The maximum atomic E-state index is 6.23. The van der Waals surface area contributed by atoms with E-state index in [0.29, 0.717) is 35.6 Å². The van der Waals surface area contributed by atoms with Crippen LogP contribution in [0, 0.1) is 0 Å². The number of hydrogen-bond acceptors (Lipinski definition) is 6. The minimum atomic E-state index is 0.348. The lowest BCUT2D eigenvalue weighted by molar-refractivity contribution is 0.282. The van der Waals surface area contributed by atoms with Crippen LogP contribution in [0.5, 0.6) is 11.5 Å². The van der Waals surface area contributed by atoms with E-state index in [4.69, 9.17) is 21.1 Å². The molecule has 0 unspecified atom stereocenters. The SMILES string of the molecule is CCCn1nnnc1NCc1cccc(OC)c1OCc1ccccc1Cl. The van der Waals surface area contributed by atoms with Crippen LogP contribution in [0.15, 0.2) is 42.5 Å². The van der Waals surface area contributed by atoms with Crippen LogP contribution < -0.4 is 14.8 Å². The molecule has 1 aromatic heterocycles. The predicted molar refractivity (Wildman–Crippen MR) is 104 cm³/mol. The van der Waals surface area contributed by atoms with Crippen LogP contribution in [0.4, 0.5) is 5.95 Å². The second kappa shape index (κ2) is 9.23. The van der Waals surface area contributed by atoms with Gasteiger partial charge in [0.15, 0.2) is 11.5 Å². The average molecular weight is 388 g/mol. The molecular weight excluding hydrogens is 366 g/mol. The van der Waals surface area contributed by atoms with Gasteiger partial charge in [-0.2, -0.15) is 0 Å². The van der Waals surface area contributed by atoms with Crippen molar-refractivity contribution in [3.05, 3.63) is 58.6 Å². The largest absolute Gasteiger partial charge is 0.493 e. The molecule has 0 saturated carbocycles. The Labute approximate surface area is 163 Å². The molecule has 7 nitrogen and oxygen atoms in total. The van der Waals surface area contributed by atoms with Crippen LogP contribution in [-0.4, -0.2) is 27.3 Å². The molecule has 0 aliphatic carbocycles. The number of methoxy groups -OCH3 is 1. The van der Waals surface area contributed by atoms with E-state index in [0.717, 1.165) is 24.1 Å². The van der Waals surface area contributed by atoms with Gasteiger partial charge in [0.05, 0.1) is 7.11 Å². The highest BCUT2D eigenvalue weighted by Crippen LogP contribution is 2.32. The quantitative estimate of drug-likeness (QED) is 0.599. The van der Waals surface area contributed by atoms with E-state index in [1.54, 1.807) is 11.8 Å². The summed E-state index contributed by atoms with van der Waals surface area (Å²) in [7, 11) is 1.62. The topological polar surface area (TPSA) is 74.1 Å². The maximum Gasteiger partial charge on any atom is 0.243 e. The molecule has 0 bridgehead atoms. The summed E-state index contributed by atoms with van der Waals surface area (Å²) in [4.78, 5) is 0. The molecule has 0 amide bonds. The summed E-state index contributed by atoms with van der Waals surface area (Å²) in [5, 5.41) is 15.7. The summed E-state index contributed by atoms with van der Waals surface area (Å²) >= 11 is 6.23. The van der Waals surface area contributed by atoms with Gasteiger partial charge in [-0.3, -0.25) is 0 Å². The Kier molecular flexibility index (Phi) is 6.49. The number of halogens is 1. The highest BCUT2D eigenvalue weighted by molar-refractivity contribution is 6.31. The molecule has 142 valence electrons. The first-order valence-electron chi connectivity index (χ1n) is 8.75. The van der Waals surface area contributed by atoms with E-state index in [9.17, 15) is 0 Å². The summed E-state index contributed by atoms with van der Waals surface area (Å²) < 4.78 is 13.3. The van der Waals surface area contributed by atoms with Gasteiger partial charge in [0, 0.05) is 29.2 Å². The monoisotopic (exact) mass is 387 g/mol. The molecule has 0 spiro atoms. The summed E-state index contributed by atoms with van der Waals surface area (Å²) in [6, 6.07) is 13.4. The first-order chi connectivity index (χ1) is 13.2. The number of aromatic nitrogens is 4. The van der Waals surface area contributed by atoms with Gasteiger partial charge in [-0.25, -0.2) is 4.68 Å². The van der Waals surface area contributed by atoms with E-state index in [-0.39, 0.29) is 0 Å². The van der Waals surface area contributed by atoms with Crippen molar-refractivity contribution in [2.45, 2.75) is 33.0 Å². The Hall–Kier alpha value is -2.80. The molecule has 3 rings (SSSR count). The number of nitrogens with zero attached hydrogens (tertiary/aromatic N) is 4. The van der Waals surface area contributed by atoms with Gasteiger partial charge in [0.1, 0.15) is 6.61 Å². The standard InChI is InChI=1S/C19H22ClN5O2/c1-3-11-25-19(22-23-24-25)21-12-14-8-6-10-17(26-2)18(14)27-13-15-7-4-5-9-16(15)20/h4-10H,3,11-13H2,1-2H3,(H,21,22,24). The molecule has 27 heavy (non-hydrogen) atoms. The van der Waals surface area contributed by atoms with Crippen molar-refractivity contribution >= 4 is 17.5 Å². The minimum Gasteiger partial charge on any atom is -0.493 e. The van der Waals surface area contributed by atoms with Crippen LogP contribution in [0.1, 0.15) is 24.5 Å². The molecule has 1 heterocycles. The summed E-state index contributed by atoms with van der Waals surface area (Å²) in [6.45, 7) is 3.68. The van der Waals surface area contributed by atoms with E-state index < -0.39 is 0 Å². The number of anilines is 1. The zero-order valence-corrected chi connectivity index (χ0v) is 16.1. The first-order valence-corrected chi connectivity index (χ1v) is 9.12. The van der Waals surface area contributed by atoms with Gasteiger partial charge >= 0.3 is 0 Å². The summed E-state index contributed by atoms with van der Waals surface area (Å²) in [5.74, 6) is 1.95. The van der Waals surface area contributed by atoms with Crippen LogP contribution in [-0.2, 0) is 19.7 Å². The molecule has 0 aliphatic rings. The summed E-state index contributed by atoms with van der Waals surface area (Å²) in [5.41, 5.74) is 1.85. The normalized spacial score (nSPS) is 10.6. The smallest absolute Gasteiger partial charge is 0.243 e. The van der Waals surface area contributed by atoms with Gasteiger partial charge in [-0.05, 0) is 29.0 Å². The Morgan fingerprint density at radius 2 is 1.93 bits per heavy atom. The van der Waals surface area contributed by atoms with Gasteiger partial charge in [0.2, 0.25) is 5.95 Å². The number of tetrazole rings is 1. The van der Waals surface area contributed by atoms with Gasteiger partial charge in [-0.15, -0.1) is 0 Å². The van der Waals surface area contributed by atoms with Gasteiger partial charge in [0.25, 0.3) is 0 Å². The van der Waals surface area contributed by atoms with E-state index in [2.05, 4.69) is 27.8 Å². The molecule has 0 aliphatic heterocycles. The number of para-hydroxylation sites is 1. The highest BCUT2D eigenvalue weighted by Gasteiger charge is 2.13. The molecule has 0 saturated heterocycles. The number of ether oxygens (including phenoxy) is 2. The number of aryl methyl sites for hydroxylation is 1. The third kappa shape index (κ3) is 4.68. The van der Waals surface area contributed by atoms with Crippen LogP contribution in [0.3, 0.4) is 0 Å². The van der Waals surface area contributed by atoms with Crippen molar-refractivity contribution in [1.82, 2.24) is 20.2 Å². The van der Waals surface area contributed by atoms with Crippen LogP contribution in [0.25, 0.3) is 0 Å². The molecule has 8 heteroatoms. The molecular formula is C19H22ClN5O2. The maximum absolute atomic E-state index is 6.23. The van der Waals surface area contributed by atoms with E-state index in [1.165, 1.54) is 0 Å². The zero-order valence-electron chi connectivity index (χ0n) is 15.4. The fraction of sp³-hybridized carbons (Fsp3) is 0.316. The molecule has 2 aromatic carbocycles. The Morgan fingerprint density at radius 1 is 1.11 bits per heavy atom. The van der Waals surface area contributed by atoms with Gasteiger partial charge < -0.3 is 14.8 Å². The number of hydrogen-bond donors (Lipinski definition) is 1. The minimum absolute atomic E-state index is 0.348. The predicted octanol–water partition coefficient (Wildman–Crippen LogP) is 3.94. The summed E-state index contributed by atoms with van der Waals surface area (Å²) in [6.07, 6.45) is 0.949. The van der Waals surface area contributed by atoms with Crippen LogP contribution in [0.2, 0.25) is 5.02 Å². The third-order valence-corrected chi connectivity index (χ3v) is 4.38. The highest BCUT2D eigenvalue weighted by atomic mass is 35.5. The first kappa shape index (κ1) is 19.0. The second-order valence-electron chi connectivity index (χ2n) is 5.91. The Bertz CT molecular complexity index is 884. The van der Waals surface area contributed by atoms with Crippen molar-refractivity contribution in [1.29, 1.82) is 0 Å². The molecule has 0 radical (unpaired) electrons. The molecule has 0 fully saturated rings. The van der Waals surface area contributed by atoms with E-state index in [1.807, 2.05) is 42.5 Å². The van der Waals surface area contributed by atoms with Crippen molar-refractivity contribution < 1.29 is 9.47 Å². The molecule has 0 atom stereocenters. The molecule has 1 N–H and O–H groups in total. The lowest BCUT2D eigenvalue weighted by Crippen LogP contribution is -2.10. The van der Waals surface area contributed by atoms with Crippen LogP contribution >= 0.6 is 11.6 Å². The Balaban J connectivity index is 1.77. The zero-order chi connectivity index (χ0) is 19.1. The lowest BCUT2D eigenvalue weighted by atomic mass is 10.1. The fourth-order valence-electron chi connectivity index (χ4n) is 2.66. The average Bonchev–Trinajstić information content (AvgIpc) is 3.13. The van der Waals surface area contributed by atoms with E-state index >= 15 is 0 Å². The lowest BCUT2D eigenvalue weighted by Gasteiger charge is -2.16.